The fourth-order valence-corrected chi connectivity index (χ4v) is 4.12. The maximum Gasteiger partial charge on any atom is 0.250 e. The van der Waals surface area contributed by atoms with Gasteiger partial charge in [-0.2, -0.15) is 9.66 Å². The number of hydrogen-bond acceptors (Lipinski definition) is 2. The molecular formula is C24H33N5+2. The number of para-hydroxylation sites is 2. The zero-order valence-corrected chi connectivity index (χ0v) is 18.2. The fraction of sp³-hybridized carbons (Fsp3) is 0.417. The van der Waals surface area contributed by atoms with E-state index < -0.39 is 0 Å². The number of quaternary nitrogens is 1. The van der Waals surface area contributed by atoms with E-state index in [1.54, 1.807) is 4.90 Å². The normalized spacial score (nSPS) is 11.3. The van der Waals surface area contributed by atoms with E-state index in [-0.39, 0.29) is 0 Å². The second-order valence-corrected chi connectivity index (χ2v) is 7.89. The molecule has 0 bridgehead atoms. The maximum atomic E-state index is 9.89. The first-order valence-electron chi connectivity index (χ1n) is 10.6. The van der Waals surface area contributed by atoms with Gasteiger partial charge < -0.3 is 10.2 Å². The van der Waals surface area contributed by atoms with Crippen LogP contribution in [0.15, 0.2) is 36.4 Å². The smallest absolute Gasteiger partial charge is 0.250 e. The van der Waals surface area contributed by atoms with Gasteiger partial charge in [0.25, 0.3) is 0 Å². The summed E-state index contributed by atoms with van der Waals surface area (Å²) in [4.78, 5) is 5.08. The van der Waals surface area contributed by atoms with Gasteiger partial charge in [0.1, 0.15) is 22.7 Å². The molecule has 3 rings (SSSR count). The predicted molar refractivity (Wildman–Crippen MR) is 119 cm³/mol. The molecule has 0 aliphatic carbocycles. The van der Waals surface area contributed by atoms with Crippen LogP contribution in [-0.4, -0.2) is 31.2 Å². The number of nitrogens with zero attached hydrogens (tertiary/aromatic N) is 2. The molecule has 5 heteroatoms. The number of nitrogens with one attached hydrogen (secondary N) is 3. The van der Waals surface area contributed by atoms with Crippen molar-refractivity contribution in [2.45, 2.75) is 40.5 Å². The third-order valence-corrected chi connectivity index (χ3v) is 5.79. The van der Waals surface area contributed by atoms with Gasteiger partial charge in [-0.15, -0.1) is 0 Å². The van der Waals surface area contributed by atoms with Gasteiger partial charge in [-0.25, -0.2) is 0 Å². The van der Waals surface area contributed by atoms with Crippen LogP contribution in [0.3, 0.4) is 0 Å². The minimum absolute atomic E-state index is 0.704. The number of fused-ring (bicyclic) bond motifs is 3. The van der Waals surface area contributed by atoms with Crippen LogP contribution in [0.25, 0.3) is 16.7 Å². The lowest BCUT2D eigenvalue weighted by Crippen LogP contribution is -3.11. The highest BCUT2D eigenvalue weighted by Gasteiger charge is 2.25. The molecular weight excluding hydrogens is 358 g/mol. The Bertz CT molecular complexity index is 1070. The Balaban J connectivity index is 2.11. The summed E-state index contributed by atoms with van der Waals surface area (Å²) in [5.74, 6) is 1.08. The third-order valence-electron chi connectivity index (χ3n) is 5.79. The van der Waals surface area contributed by atoms with Crippen LogP contribution < -0.4 is 14.6 Å². The van der Waals surface area contributed by atoms with Crippen molar-refractivity contribution in [1.82, 2.24) is 4.98 Å². The van der Waals surface area contributed by atoms with Crippen molar-refractivity contribution in [2.24, 2.45) is 0 Å². The van der Waals surface area contributed by atoms with E-state index >= 15 is 0 Å². The van der Waals surface area contributed by atoms with Crippen LogP contribution in [-0.2, 0) is 6.42 Å². The minimum atomic E-state index is 0.704. The maximum absolute atomic E-state index is 9.89. The van der Waals surface area contributed by atoms with Crippen LogP contribution in [0.2, 0.25) is 0 Å². The van der Waals surface area contributed by atoms with E-state index in [9.17, 15) is 5.26 Å². The fourth-order valence-electron chi connectivity index (χ4n) is 4.12. The molecule has 1 aromatic carbocycles. The van der Waals surface area contributed by atoms with Crippen LogP contribution in [0.4, 0.5) is 5.82 Å². The number of aromatic nitrogens is 2. The van der Waals surface area contributed by atoms with E-state index in [2.05, 4.69) is 53.3 Å². The lowest BCUT2D eigenvalue weighted by molar-refractivity contribution is -0.896. The molecule has 0 saturated heterocycles. The molecule has 2 heterocycles. The van der Waals surface area contributed by atoms with Crippen LogP contribution in [0.1, 0.15) is 43.9 Å². The zero-order valence-electron chi connectivity index (χ0n) is 18.2. The first-order chi connectivity index (χ1) is 14.0. The van der Waals surface area contributed by atoms with Gasteiger partial charge in [-0.1, -0.05) is 24.3 Å². The van der Waals surface area contributed by atoms with Crippen molar-refractivity contribution < 1.29 is 9.30 Å². The number of hydrogen-bond donors (Lipinski definition) is 3. The topological polar surface area (TPSA) is 60.1 Å². The van der Waals surface area contributed by atoms with Gasteiger partial charge >= 0.3 is 0 Å². The molecule has 0 unspecified atom stereocenters. The molecule has 152 valence electrons. The van der Waals surface area contributed by atoms with Gasteiger partial charge in [0, 0.05) is 12.0 Å². The summed E-state index contributed by atoms with van der Waals surface area (Å²) in [5.41, 5.74) is 6.95. The SMILES string of the molecule is C=C(C)Cc1c(C)c(C#N)c2[nH]c3ccccc3[n+]2c1NCCC[NH+](CC)CC. The molecule has 0 atom stereocenters. The Labute approximate surface area is 173 Å². The number of H-pyrrole nitrogens is 1. The molecule has 0 radical (unpaired) electrons. The monoisotopic (exact) mass is 391 g/mol. The summed E-state index contributed by atoms with van der Waals surface area (Å²) < 4.78 is 2.18. The molecule has 5 nitrogen and oxygen atoms in total. The molecule has 0 fully saturated rings. The lowest BCUT2D eigenvalue weighted by atomic mass is 9.99. The highest BCUT2D eigenvalue weighted by Crippen LogP contribution is 2.27. The molecule has 3 aromatic rings. The Morgan fingerprint density at radius 1 is 1.28 bits per heavy atom. The summed E-state index contributed by atoms with van der Waals surface area (Å²) in [6.07, 6.45) is 1.86. The van der Waals surface area contributed by atoms with Crippen molar-refractivity contribution >= 4 is 22.5 Å². The summed E-state index contributed by atoms with van der Waals surface area (Å²) in [6, 6.07) is 10.6. The van der Waals surface area contributed by atoms with Crippen molar-refractivity contribution in [3.63, 3.8) is 0 Å². The van der Waals surface area contributed by atoms with Crippen molar-refractivity contribution in [1.29, 1.82) is 5.26 Å². The van der Waals surface area contributed by atoms with E-state index in [4.69, 9.17) is 0 Å². The second-order valence-electron chi connectivity index (χ2n) is 7.89. The highest BCUT2D eigenvalue weighted by molar-refractivity contribution is 5.78. The first kappa shape index (κ1) is 20.9. The molecule has 3 N–H and O–H groups in total. The molecule has 0 amide bonds. The van der Waals surface area contributed by atoms with Crippen molar-refractivity contribution in [2.75, 3.05) is 31.5 Å². The van der Waals surface area contributed by atoms with Crippen LogP contribution in [0, 0.1) is 18.3 Å². The average Bonchev–Trinajstić information content (AvgIpc) is 3.09. The number of rotatable bonds is 9. The van der Waals surface area contributed by atoms with E-state index in [1.807, 2.05) is 26.0 Å². The molecule has 0 spiro atoms. The molecule has 29 heavy (non-hydrogen) atoms. The summed E-state index contributed by atoms with van der Waals surface area (Å²) >= 11 is 0. The van der Waals surface area contributed by atoms with Crippen LogP contribution >= 0.6 is 0 Å². The Morgan fingerprint density at radius 2 is 2.00 bits per heavy atom. The van der Waals surface area contributed by atoms with E-state index in [0.29, 0.717) is 5.56 Å². The van der Waals surface area contributed by atoms with Crippen molar-refractivity contribution in [3.8, 4) is 6.07 Å². The number of nitriles is 1. The molecule has 0 aliphatic rings. The second kappa shape index (κ2) is 9.11. The number of benzene rings is 1. The third kappa shape index (κ3) is 4.13. The summed E-state index contributed by atoms with van der Waals surface area (Å²) in [6.45, 7) is 17.1. The zero-order chi connectivity index (χ0) is 21.0. The quantitative estimate of drug-likeness (QED) is 0.298. The van der Waals surface area contributed by atoms with Crippen molar-refractivity contribution in [3.05, 3.63) is 53.1 Å². The van der Waals surface area contributed by atoms with Gasteiger partial charge in [0.2, 0.25) is 11.5 Å². The first-order valence-corrected chi connectivity index (χ1v) is 10.6. The highest BCUT2D eigenvalue weighted by atomic mass is 15.1. The largest absolute Gasteiger partial charge is 0.335 e. The number of imidazole rings is 1. The Morgan fingerprint density at radius 3 is 2.66 bits per heavy atom. The van der Waals surface area contributed by atoms with E-state index in [0.717, 1.165) is 78.2 Å². The minimum Gasteiger partial charge on any atom is -0.335 e. The van der Waals surface area contributed by atoms with Gasteiger partial charge in [0.05, 0.1) is 26.2 Å². The number of pyridine rings is 1. The number of allylic oxidation sites excluding steroid dienone is 1. The Hall–Kier alpha value is -2.84. The number of aromatic amines is 1. The summed E-state index contributed by atoms with van der Waals surface area (Å²) in [5, 5.41) is 13.6. The summed E-state index contributed by atoms with van der Waals surface area (Å²) in [7, 11) is 0. The molecule has 0 aliphatic heterocycles. The Kier molecular flexibility index (Phi) is 6.56. The van der Waals surface area contributed by atoms with E-state index in [1.165, 1.54) is 0 Å². The lowest BCUT2D eigenvalue weighted by Gasteiger charge is -2.16. The average molecular weight is 392 g/mol. The van der Waals surface area contributed by atoms with Gasteiger partial charge in [-0.3, -0.25) is 4.98 Å². The molecule has 0 saturated carbocycles. The van der Waals surface area contributed by atoms with Gasteiger partial charge in [0.15, 0.2) is 0 Å². The number of anilines is 1. The molecule has 2 aromatic heterocycles. The standard InChI is InChI=1S/C24H31N5/c1-6-28(7-2)14-10-13-26-23-19(15-17(3)4)18(5)20(16-25)24-27-21-11-8-9-12-22(21)29(23)24/h8-9,11-12H,3,6-7,10,13-15H2,1-2,4-5H3,(H,26,27)/p+2. The van der Waals surface area contributed by atoms with Crippen LogP contribution in [0.5, 0.6) is 0 Å². The van der Waals surface area contributed by atoms with Gasteiger partial charge in [-0.05, 0) is 51.8 Å². The predicted octanol–water partition coefficient (Wildman–Crippen LogP) is 2.93.